The molecule has 114 valence electrons. The molecule has 2 nitrogen and oxygen atoms in total. The van der Waals surface area contributed by atoms with E-state index >= 15 is 0 Å². The number of nitrogens with zero attached hydrogens (tertiary/aromatic N) is 1. The monoisotopic (exact) mass is 280 g/mol. The Kier molecular flexibility index (Phi) is 7.60. The zero-order valence-electron chi connectivity index (χ0n) is 13.4. The highest BCUT2D eigenvalue weighted by Crippen LogP contribution is 2.20. The zero-order valence-corrected chi connectivity index (χ0v) is 13.4. The molecule has 1 unspecified atom stereocenters. The summed E-state index contributed by atoms with van der Waals surface area (Å²) in [4.78, 5) is 2.26. The second-order valence-corrected chi connectivity index (χ2v) is 5.55. The zero-order chi connectivity index (χ0) is 15.0. The van der Waals surface area contributed by atoms with Crippen LogP contribution in [0.4, 0.5) is 10.1 Å². The molecule has 0 aliphatic rings. The molecule has 0 aliphatic carbocycles. The SMILES string of the molecule is CCCNCc1cc(F)cc(N(CC)CC(C)CC)c1. The first-order valence-corrected chi connectivity index (χ1v) is 7.85. The van der Waals surface area contributed by atoms with Crippen LogP contribution in [0.3, 0.4) is 0 Å². The highest BCUT2D eigenvalue weighted by Gasteiger charge is 2.10. The molecule has 0 fully saturated rings. The number of rotatable bonds is 9. The molecule has 0 bridgehead atoms. The van der Waals surface area contributed by atoms with Gasteiger partial charge in [-0.2, -0.15) is 0 Å². The van der Waals surface area contributed by atoms with Gasteiger partial charge in [0.25, 0.3) is 0 Å². The Balaban J connectivity index is 2.81. The van der Waals surface area contributed by atoms with Gasteiger partial charge < -0.3 is 10.2 Å². The quantitative estimate of drug-likeness (QED) is 0.682. The third-order valence-electron chi connectivity index (χ3n) is 3.67. The van der Waals surface area contributed by atoms with Crippen LogP contribution in [-0.4, -0.2) is 19.6 Å². The van der Waals surface area contributed by atoms with Crippen molar-refractivity contribution in [3.05, 3.63) is 29.6 Å². The lowest BCUT2D eigenvalue weighted by atomic mass is 10.1. The smallest absolute Gasteiger partial charge is 0.125 e. The normalized spacial score (nSPS) is 12.4. The molecule has 0 saturated heterocycles. The van der Waals surface area contributed by atoms with Crippen LogP contribution in [-0.2, 0) is 6.54 Å². The van der Waals surface area contributed by atoms with Crippen molar-refractivity contribution in [2.75, 3.05) is 24.5 Å². The van der Waals surface area contributed by atoms with Gasteiger partial charge in [-0.25, -0.2) is 4.39 Å². The third kappa shape index (κ3) is 5.49. The summed E-state index contributed by atoms with van der Waals surface area (Å²) >= 11 is 0. The Bertz CT molecular complexity index is 393. The fraction of sp³-hybridized carbons (Fsp3) is 0.647. The van der Waals surface area contributed by atoms with Crippen LogP contribution in [0.1, 0.15) is 46.1 Å². The van der Waals surface area contributed by atoms with Crippen LogP contribution in [0.25, 0.3) is 0 Å². The van der Waals surface area contributed by atoms with Crippen LogP contribution < -0.4 is 10.2 Å². The minimum absolute atomic E-state index is 0.140. The summed E-state index contributed by atoms with van der Waals surface area (Å²) in [5.41, 5.74) is 2.03. The molecule has 0 spiro atoms. The van der Waals surface area contributed by atoms with Crippen molar-refractivity contribution in [1.29, 1.82) is 0 Å². The lowest BCUT2D eigenvalue weighted by Gasteiger charge is -2.26. The molecule has 0 saturated carbocycles. The summed E-state index contributed by atoms with van der Waals surface area (Å²) in [6.07, 6.45) is 2.24. The van der Waals surface area contributed by atoms with E-state index in [0.29, 0.717) is 5.92 Å². The Morgan fingerprint density at radius 2 is 1.95 bits per heavy atom. The van der Waals surface area contributed by atoms with Crippen molar-refractivity contribution in [3.63, 3.8) is 0 Å². The molecule has 0 amide bonds. The van der Waals surface area contributed by atoms with Crippen molar-refractivity contribution >= 4 is 5.69 Å². The van der Waals surface area contributed by atoms with Gasteiger partial charge in [-0.3, -0.25) is 0 Å². The van der Waals surface area contributed by atoms with E-state index in [1.165, 1.54) is 0 Å². The Hall–Kier alpha value is -1.09. The van der Waals surface area contributed by atoms with Crippen LogP contribution >= 0.6 is 0 Å². The number of halogens is 1. The summed E-state index contributed by atoms with van der Waals surface area (Å²) in [5, 5.41) is 3.33. The van der Waals surface area contributed by atoms with Gasteiger partial charge >= 0.3 is 0 Å². The molecule has 0 aliphatic heterocycles. The summed E-state index contributed by atoms with van der Waals surface area (Å²) in [6, 6.07) is 5.38. The molecular formula is C17H29FN2. The first-order valence-electron chi connectivity index (χ1n) is 7.85. The molecule has 1 aromatic carbocycles. The maximum Gasteiger partial charge on any atom is 0.125 e. The lowest BCUT2D eigenvalue weighted by Crippen LogP contribution is -2.28. The van der Waals surface area contributed by atoms with E-state index in [9.17, 15) is 4.39 Å². The molecule has 1 aromatic rings. The highest BCUT2D eigenvalue weighted by atomic mass is 19.1. The van der Waals surface area contributed by atoms with Gasteiger partial charge in [-0.05, 0) is 49.6 Å². The molecule has 3 heteroatoms. The van der Waals surface area contributed by atoms with E-state index < -0.39 is 0 Å². The topological polar surface area (TPSA) is 15.3 Å². The van der Waals surface area contributed by atoms with Gasteiger partial charge in [-0.15, -0.1) is 0 Å². The Morgan fingerprint density at radius 3 is 2.55 bits per heavy atom. The summed E-state index contributed by atoms with van der Waals surface area (Å²) in [5.74, 6) is 0.485. The number of nitrogens with one attached hydrogen (secondary N) is 1. The molecule has 1 atom stereocenters. The van der Waals surface area contributed by atoms with E-state index in [1.807, 2.05) is 0 Å². The van der Waals surface area contributed by atoms with Crippen molar-refractivity contribution in [1.82, 2.24) is 5.32 Å². The molecule has 0 aromatic heterocycles. The van der Waals surface area contributed by atoms with Crippen LogP contribution in [0.5, 0.6) is 0 Å². The van der Waals surface area contributed by atoms with Crippen molar-refractivity contribution in [3.8, 4) is 0 Å². The summed E-state index contributed by atoms with van der Waals surface area (Å²) < 4.78 is 13.8. The molecule has 0 heterocycles. The van der Waals surface area contributed by atoms with Crippen LogP contribution in [0.15, 0.2) is 18.2 Å². The van der Waals surface area contributed by atoms with Gasteiger partial charge in [0.1, 0.15) is 5.82 Å². The number of hydrogen-bond donors (Lipinski definition) is 1. The maximum absolute atomic E-state index is 13.8. The standard InChI is InChI=1S/C17H29FN2/c1-5-8-19-12-15-9-16(18)11-17(10-15)20(7-3)13-14(4)6-2/h9-11,14,19H,5-8,12-13H2,1-4H3. The molecule has 20 heavy (non-hydrogen) atoms. The maximum atomic E-state index is 13.8. The Labute approximate surface area is 123 Å². The van der Waals surface area contributed by atoms with Gasteiger partial charge in [0, 0.05) is 25.3 Å². The van der Waals surface area contributed by atoms with Crippen molar-refractivity contribution < 1.29 is 4.39 Å². The number of anilines is 1. The average Bonchev–Trinajstić information content (AvgIpc) is 2.44. The first kappa shape index (κ1) is 17.0. The molecule has 1 rings (SSSR count). The highest BCUT2D eigenvalue weighted by molar-refractivity contribution is 5.49. The van der Waals surface area contributed by atoms with Gasteiger partial charge in [0.2, 0.25) is 0 Å². The predicted molar refractivity (Wildman–Crippen MR) is 85.7 cm³/mol. The fourth-order valence-corrected chi connectivity index (χ4v) is 2.25. The lowest BCUT2D eigenvalue weighted by molar-refractivity contribution is 0.546. The Morgan fingerprint density at radius 1 is 1.20 bits per heavy atom. The van der Waals surface area contributed by atoms with Crippen LogP contribution in [0.2, 0.25) is 0 Å². The molecule has 0 radical (unpaired) electrons. The third-order valence-corrected chi connectivity index (χ3v) is 3.67. The van der Waals surface area contributed by atoms with Gasteiger partial charge in [-0.1, -0.05) is 27.2 Å². The minimum atomic E-state index is -0.140. The van der Waals surface area contributed by atoms with Crippen LogP contribution in [0, 0.1) is 11.7 Å². The van der Waals surface area contributed by atoms with E-state index in [1.54, 1.807) is 12.1 Å². The van der Waals surface area contributed by atoms with Gasteiger partial charge in [0.15, 0.2) is 0 Å². The van der Waals surface area contributed by atoms with E-state index in [2.05, 4.69) is 44.0 Å². The summed E-state index contributed by atoms with van der Waals surface area (Å²) in [6.45, 7) is 12.3. The number of hydrogen-bond acceptors (Lipinski definition) is 2. The largest absolute Gasteiger partial charge is 0.371 e. The average molecular weight is 280 g/mol. The first-order chi connectivity index (χ1) is 9.60. The fourth-order valence-electron chi connectivity index (χ4n) is 2.25. The predicted octanol–water partition coefficient (Wildman–Crippen LogP) is 4.20. The minimum Gasteiger partial charge on any atom is -0.371 e. The van der Waals surface area contributed by atoms with E-state index in [0.717, 1.165) is 50.3 Å². The van der Waals surface area contributed by atoms with Gasteiger partial charge in [0.05, 0.1) is 0 Å². The summed E-state index contributed by atoms with van der Waals surface area (Å²) in [7, 11) is 0. The molecule has 1 N–H and O–H groups in total. The van der Waals surface area contributed by atoms with Crippen molar-refractivity contribution in [2.45, 2.75) is 47.1 Å². The molecular weight excluding hydrogens is 251 g/mol. The van der Waals surface area contributed by atoms with E-state index in [4.69, 9.17) is 0 Å². The van der Waals surface area contributed by atoms with Crippen molar-refractivity contribution in [2.24, 2.45) is 5.92 Å². The second-order valence-electron chi connectivity index (χ2n) is 5.55. The number of benzene rings is 1. The van der Waals surface area contributed by atoms with E-state index in [-0.39, 0.29) is 5.82 Å². The second kappa shape index (κ2) is 8.96.